The highest BCUT2D eigenvalue weighted by atomic mass is 32.1. The number of hydrogen-bond acceptors (Lipinski definition) is 6. The van der Waals surface area contributed by atoms with E-state index in [2.05, 4.69) is 4.74 Å². The molecule has 0 N–H and O–H groups in total. The molecule has 0 aliphatic carbocycles. The molecule has 0 saturated heterocycles. The molecule has 0 aromatic carbocycles. The maximum Gasteiger partial charge on any atom is 0.348 e. The molecule has 0 spiro atoms. The standard InChI is InChI=1S/C8H7NO5S/c1-5(10)4-14-8(11)6-2-3-7(15-6)9(12)13/h2-3H,4H2,1H3. The molecular weight excluding hydrogens is 222 g/mol. The Labute approximate surface area is 88.6 Å². The molecule has 1 aromatic rings. The average Bonchev–Trinajstić information content (AvgIpc) is 2.62. The molecule has 0 unspecified atom stereocenters. The Morgan fingerprint density at radius 2 is 2.20 bits per heavy atom. The van der Waals surface area contributed by atoms with Gasteiger partial charge in [0.1, 0.15) is 11.5 Å². The molecule has 80 valence electrons. The number of carbonyl (C=O) groups excluding carboxylic acids is 2. The number of rotatable bonds is 4. The fourth-order valence-corrected chi connectivity index (χ4v) is 1.49. The third-order valence-corrected chi connectivity index (χ3v) is 2.40. The molecule has 6 nitrogen and oxygen atoms in total. The van der Waals surface area contributed by atoms with Crippen molar-refractivity contribution in [3.63, 3.8) is 0 Å². The first-order valence-electron chi connectivity index (χ1n) is 3.91. The second-order valence-corrected chi connectivity index (χ2v) is 3.74. The third kappa shape index (κ3) is 3.13. The van der Waals surface area contributed by atoms with Gasteiger partial charge in [0.25, 0.3) is 0 Å². The van der Waals surface area contributed by atoms with Crippen LogP contribution in [0.5, 0.6) is 0 Å². The zero-order valence-electron chi connectivity index (χ0n) is 7.76. The zero-order valence-corrected chi connectivity index (χ0v) is 8.58. The lowest BCUT2D eigenvalue weighted by Crippen LogP contribution is -2.09. The zero-order chi connectivity index (χ0) is 11.4. The predicted octanol–water partition coefficient (Wildman–Crippen LogP) is 1.40. The van der Waals surface area contributed by atoms with Crippen molar-refractivity contribution in [3.05, 3.63) is 27.1 Å². The number of ketones is 1. The predicted molar refractivity (Wildman–Crippen MR) is 51.9 cm³/mol. The number of Topliss-reactive ketones (excluding diaryl/α,β-unsaturated/α-hetero) is 1. The van der Waals surface area contributed by atoms with Crippen molar-refractivity contribution in [1.82, 2.24) is 0 Å². The number of ether oxygens (including phenoxy) is 1. The van der Waals surface area contributed by atoms with Gasteiger partial charge in [-0.05, 0) is 13.0 Å². The van der Waals surface area contributed by atoms with E-state index in [0.29, 0.717) is 11.3 Å². The highest BCUT2D eigenvalue weighted by Crippen LogP contribution is 2.24. The Balaban J connectivity index is 2.66. The van der Waals surface area contributed by atoms with Crippen molar-refractivity contribution < 1.29 is 19.2 Å². The Bertz CT molecular complexity index is 411. The number of esters is 1. The molecule has 15 heavy (non-hydrogen) atoms. The number of carbonyl (C=O) groups is 2. The van der Waals surface area contributed by atoms with Gasteiger partial charge in [-0.1, -0.05) is 11.3 Å². The van der Waals surface area contributed by atoms with Gasteiger partial charge in [-0.25, -0.2) is 4.79 Å². The molecule has 0 bridgehead atoms. The Morgan fingerprint density at radius 1 is 1.53 bits per heavy atom. The van der Waals surface area contributed by atoms with E-state index in [4.69, 9.17) is 0 Å². The van der Waals surface area contributed by atoms with E-state index in [1.807, 2.05) is 0 Å². The molecule has 0 amide bonds. The topological polar surface area (TPSA) is 86.5 Å². The van der Waals surface area contributed by atoms with Gasteiger partial charge < -0.3 is 4.74 Å². The monoisotopic (exact) mass is 229 g/mol. The van der Waals surface area contributed by atoms with Crippen LogP contribution in [-0.2, 0) is 9.53 Å². The molecule has 0 radical (unpaired) electrons. The normalized spacial score (nSPS) is 9.67. The van der Waals surface area contributed by atoms with Gasteiger partial charge in [-0.2, -0.15) is 0 Å². The van der Waals surface area contributed by atoms with Crippen molar-refractivity contribution in [3.8, 4) is 0 Å². The molecule has 1 heterocycles. The minimum atomic E-state index is -0.719. The quantitative estimate of drug-likeness (QED) is 0.442. The van der Waals surface area contributed by atoms with Crippen molar-refractivity contribution in [2.24, 2.45) is 0 Å². The van der Waals surface area contributed by atoms with Gasteiger partial charge in [0.15, 0.2) is 5.78 Å². The number of hydrogen-bond donors (Lipinski definition) is 0. The second-order valence-electron chi connectivity index (χ2n) is 2.67. The summed E-state index contributed by atoms with van der Waals surface area (Å²) in [5.41, 5.74) is 0. The minimum Gasteiger partial charge on any atom is -0.454 e. The van der Waals surface area contributed by atoms with E-state index in [1.165, 1.54) is 19.1 Å². The lowest BCUT2D eigenvalue weighted by atomic mass is 10.4. The van der Waals surface area contributed by atoms with E-state index in [9.17, 15) is 19.7 Å². The van der Waals surface area contributed by atoms with Crippen LogP contribution in [0, 0.1) is 10.1 Å². The summed E-state index contributed by atoms with van der Waals surface area (Å²) in [6.45, 7) is 0.967. The molecule has 0 fully saturated rings. The highest BCUT2D eigenvalue weighted by molar-refractivity contribution is 7.17. The summed E-state index contributed by atoms with van der Waals surface area (Å²) >= 11 is 0.716. The highest BCUT2D eigenvalue weighted by Gasteiger charge is 2.16. The largest absolute Gasteiger partial charge is 0.454 e. The van der Waals surface area contributed by atoms with E-state index < -0.39 is 10.9 Å². The first kappa shape index (κ1) is 11.3. The Hall–Kier alpha value is -1.76. The van der Waals surface area contributed by atoms with Crippen LogP contribution in [0.3, 0.4) is 0 Å². The number of nitro groups is 1. The summed E-state index contributed by atoms with van der Waals surface area (Å²) in [4.78, 5) is 31.5. The van der Waals surface area contributed by atoms with Crippen LogP contribution in [0.1, 0.15) is 16.6 Å². The van der Waals surface area contributed by atoms with Crippen LogP contribution in [0.15, 0.2) is 12.1 Å². The lowest BCUT2D eigenvalue weighted by Gasteiger charge is -1.97. The lowest BCUT2D eigenvalue weighted by molar-refractivity contribution is -0.380. The van der Waals surface area contributed by atoms with Gasteiger partial charge in [-0.3, -0.25) is 14.9 Å². The SMILES string of the molecule is CC(=O)COC(=O)c1ccc([N+](=O)[O-])s1. The molecule has 7 heteroatoms. The fourth-order valence-electron chi connectivity index (χ4n) is 0.774. The van der Waals surface area contributed by atoms with Crippen LogP contribution in [-0.4, -0.2) is 23.3 Å². The van der Waals surface area contributed by atoms with E-state index in [1.54, 1.807) is 0 Å². The van der Waals surface area contributed by atoms with E-state index >= 15 is 0 Å². The van der Waals surface area contributed by atoms with Gasteiger partial charge in [0.05, 0.1) is 4.92 Å². The van der Waals surface area contributed by atoms with Crippen LogP contribution >= 0.6 is 11.3 Å². The Kier molecular flexibility index (Phi) is 3.51. The van der Waals surface area contributed by atoms with E-state index in [-0.39, 0.29) is 22.3 Å². The molecule has 0 saturated carbocycles. The first-order valence-corrected chi connectivity index (χ1v) is 4.73. The summed E-state index contributed by atoms with van der Waals surface area (Å²) in [6, 6.07) is 2.51. The summed E-state index contributed by atoms with van der Waals surface area (Å²) in [7, 11) is 0. The van der Waals surface area contributed by atoms with Gasteiger partial charge >= 0.3 is 11.0 Å². The Morgan fingerprint density at radius 3 is 2.67 bits per heavy atom. The number of nitrogens with zero attached hydrogens (tertiary/aromatic N) is 1. The second kappa shape index (κ2) is 4.65. The number of thiophene rings is 1. The van der Waals surface area contributed by atoms with Crippen molar-refractivity contribution in [1.29, 1.82) is 0 Å². The maximum absolute atomic E-state index is 11.2. The van der Waals surface area contributed by atoms with Crippen molar-refractivity contribution >= 4 is 28.1 Å². The van der Waals surface area contributed by atoms with Crippen LogP contribution in [0.25, 0.3) is 0 Å². The van der Waals surface area contributed by atoms with Crippen molar-refractivity contribution in [2.75, 3.05) is 6.61 Å². The summed E-state index contributed by atoms with van der Waals surface area (Å²) in [6.07, 6.45) is 0. The first-order chi connectivity index (χ1) is 7.00. The maximum atomic E-state index is 11.2. The van der Waals surface area contributed by atoms with Gasteiger partial charge in [-0.15, -0.1) is 0 Å². The fraction of sp³-hybridized carbons (Fsp3) is 0.250. The van der Waals surface area contributed by atoms with Crippen LogP contribution in [0.4, 0.5) is 5.00 Å². The molecule has 1 rings (SSSR count). The minimum absolute atomic E-state index is 0.114. The van der Waals surface area contributed by atoms with Gasteiger partial charge in [0, 0.05) is 6.07 Å². The van der Waals surface area contributed by atoms with Crippen molar-refractivity contribution in [2.45, 2.75) is 6.92 Å². The van der Waals surface area contributed by atoms with Crippen LogP contribution in [0.2, 0.25) is 0 Å². The average molecular weight is 229 g/mol. The summed E-state index contributed by atoms with van der Waals surface area (Å²) < 4.78 is 4.58. The van der Waals surface area contributed by atoms with Crippen LogP contribution < -0.4 is 0 Å². The molecule has 0 atom stereocenters. The molecule has 1 aromatic heterocycles. The summed E-state index contributed by atoms with van der Waals surface area (Å²) in [5.74, 6) is -1.00. The molecule has 0 aliphatic rings. The van der Waals surface area contributed by atoms with E-state index in [0.717, 1.165) is 0 Å². The molecular formula is C8H7NO5S. The third-order valence-electron chi connectivity index (χ3n) is 1.38. The molecule has 0 aliphatic heterocycles. The summed E-state index contributed by atoms with van der Waals surface area (Å²) in [5, 5.41) is 10.2. The smallest absolute Gasteiger partial charge is 0.348 e. The van der Waals surface area contributed by atoms with Gasteiger partial charge in [0.2, 0.25) is 0 Å².